The molecule has 24 heavy (non-hydrogen) atoms. The number of anilines is 1. The maximum absolute atomic E-state index is 11.7. The molecule has 3 heterocycles. The van der Waals surface area contributed by atoms with E-state index in [9.17, 15) is 9.00 Å². The summed E-state index contributed by atoms with van der Waals surface area (Å²) in [7, 11) is -1.17. The average molecular weight is 364 g/mol. The van der Waals surface area contributed by atoms with Crippen LogP contribution >= 0.6 is 11.3 Å². The maximum atomic E-state index is 11.7. The molecule has 1 amide bonds. The summed E-state index contributed by atoms with van der Waals surface area (Å²) in [6.45, 7) is 2.74. The molecular formula is C14H16N6O2S2. The Morgan fingerprint density at radius 2 is 2.25 bits per heavy atom. The van der Waals surface area contributed by atoms with Crippen molar-refractivity contribution in [1.29, 1.82) is 0 Å². The van der Waals surface area contributed by atoms with E-state index in [1.165, 1.54) is 17.5 Å². The fourth-order valence-corrected chi connectivity index (χ4v) is 3.66. The van der Waals surface area contributed by atoms with Crippen LogP contribution in [0.25, 0.3) is 16.1 Å². The lowest BCUT2D eigenvalue weighted by Crippen LogP contribution is -2.16. The number of amides is 1. The van der Waals surface area contributed by atoms with Gasteiger partial charge in [-0.05, 0) is 12.5 Å². The lowest BCUT2D eigenvalue weighted by atomic mass is 10.2. The zero-order valence-corrected chi connectivity index (χ0v) is 14.8. The molecule has 3 N–H and O–H groups in total. The van der Waals surface area contributed by atoms with Crippen LogP contribution in [-0.2, 0) is 10.8 Å². The Morgan fingerprint density at radius 3 is 2.88 bits per heavy atom. The third-order valence-electron chi connectivity index (χ3n) is 3.35. The van der Waals surface area contributed by atoms with Crippen molar-refractivity contribution in [3.8, 4) is 10.6 Å². The molecule has 3 aromatic rings. The van der Waals surface area contributed by atoms with E-state index >= 15 is 0 Å². The molecule has 1 unspecified atom stereocenters. The van der Waals surface area contributed by atoms with Crippen LogP contribution in [0.15, 0.2) is 22.8 Å². The number of nitrogens with zero attached hydrogens (tertiary/aromatic N) is 4. The Labute approximate surface area is 144 Å². The minimum absolute atomic E-state index is 0.341. The van der Waals surface area contributed by atoms with Crippen molar-refractivity contribution in [3.63, 3.8) is 0 Å². The average Bonchev–Trinajstić information content (AvgIpc) is 3.18. The van der Waals surface area contributed by atoms with E-state index in [2.05, 4.69) is 20.6 Å². The fraction of sp³-hybridized carbons (Fsp3) is 0.286. The molecule has 0 aliphatic rings. The quantitative estimate of drug-likeness (QED) is 0.685. The number of nitrogens with one attached hydrogen (secondary N) is 1. The van der Waals surface area contributed by atoms with Crippen LogP contribution in [0.3, 0.4) is 0 Å². The summed E-state index contributed by atoms with van der Waals surface area (Å²) < 4.78 is 13.6. The first kappa shape index (κ1) is 16.5. The predicted molar refractivity (Wildman–Crippen MR) is 93.7 cm³/mol. The van der Waals surface area contributed by atoms with E-state index < -0.39 is 16.7 Å². The van der Waals surface area contributed by atoms with Crippen molar-refractivity contribution in [1.82, 2.24) is 19.8 Å². The molecule has 0 saturated heterocycles. The van der Waals surface area contributed by atoms with Gasteiger partial charge in [0.05, 0.1) is 33.8 Å². The number of rotatable bonds is 6. The molecule has 0 aliphatic heterocycles. The Hall–Kier alpha value is -2.33. The summed E-state index contributed by atoms with van der Waals surface area (Å²) in [6, 6.07) is 1.86. The zero-order chi connectivity index (χ0) is 17.3. The smallest absolute Gasteiger partial charge is 0.252 e. The molecule has 0 radical (unpaired) electrons. The molecule has 3 aromatic heterocycles. The van der Waals surface area contributed by atoms with Gasteiger partial charge in [-0.1, -0.05) is 18.3 Å². The second-order valence-corrected chi connectivity index (χ2v) is 7.64. The number of aromatic nitrogens is 4. The molecule has 0 aromatic carbocycles. The maximum Gasteiger partial charge on any atom is 0.252 e. The third kappa shape index (κ3) is 3.02. The lowest BCUT2D eigenvalue weighted by Gasteiger charge is -2.10. The number of hydrogen-bond acceptors (Lipinski definition) is 7. The molecule has 0 saturated carbocycles. The molecule has 3 rings (SSSR count). The first-order valence-electron chi connectivity index (χ1n) is 7.23. The van der Waals surface area contributed by atoms with E-state index in [-0.39, 0.29) is 0 Å². The molecule has 0 fully saturated rings. The highest BCUT2D eigenvalue weighted by Gasteiger charge is 2.17. The van der Waals surface area contributed by atoms with Gasteiger partial charge in [-0.15, -0.1) is 10.2 Å². The van der Waals surface area contributed by atoms with Gasteiger partial charge in [0.15, 0.2) is 0 Å². The first-order chi connectivity index (χ1) is 11.5. The lowest BCUT2D eigenvalue weighted by molar-refractivity contribution is 0.100. The highest BCUT2D eigenvalue weighted by molar-refractivity contribution is 7.86. The van der Waals surface area contributed by atoms with Gasteiger partial charge in [-0.25, -0.2) is 4.52 Å². The van der Waals surface area contributed by atoms with Crippen LogP contribution in [0.4, 0.5) is 5.69 Å². The second kappa shape index (κ2) is 6.65. The largest absolute Gasteiger partial charge is 0.383 e. The van der Waals surface area contributed by atoms with Gasteiger partial charge in [-0.3, -0.25) is 9.00 Å². The van der Waals surface area contributed by atoms with Gasteiger partial charge < -0.3 is 11.1 Å². The number of primary amides is 1. The van der Waals surface area contributed by atoms with Crippen LogP contribution < -0.4 is 11.1 Å². The molecule has 0 bridgehead atoms. The standard InChI is InChI=1S/C14H16N6O2S2/c1-3-4-16-11-9(12(15)21)6-17-20-7-8(5-10(11)20)13-18-19-14(23-13)24(2)22/h5-7,16H,3-4H2,1-2H3,(H2,15,21). The minimum Gasteiger partial charge on any atom is -0.383 e. The highest BCUT2D eigenvalue weighted by Crippen LogP contribution is 2.30. The molecule has 0 aliphatic carbocycles. The van der Waals surface area contributed by atoms with Crippen LogP contribution in [0.5, 0.6) is 0 Å². The number of carbonyl (C=O) groups excluding carboxylic acids is 1. The van der Waals surface area contributed by atoms with Gasteiger partial charge in [0, 0.05) is 24.6 Å². The minimum atomic E-state index is -1.17. The Bertz CT molecular complexity index is 933. The van der Waals surface area contributed by atoms with Crippen molar-refractivity contribution in [3.05, 3.63) is 24.0 Å². The van der Waals surface area contributed by atoms with Gasteiger partial charge in [0.25, 0.3) is 5.91 Å². The zero-order valence-electron chi connectivity index (χ0n) is 13.1. The molecule has 1 atom stereocenters. The molecule has 8 nitrogen and oxygen atoms in total. The number of carbonyl (C=O) groups is 1. The van der Waals surface area contributed by atoms with E-state index in [1.807, 2.05) is 13.0 Å². The van der Waals surface area contributed by atoms with E-state index in [0.29, 0.717) is 27.1 Å². The normalized spacial score (nSPS) is 12.4. The number of hydrogen-bond donors (Lipinski definition) is 2. The van der Waals surface area contributed by atoms with E-state index in [4.69, 9.17) is 5.73 Å². The van der Waals surface area contributed by atoms with Crippen molar-refractivity contribution in [2.75, 3.05) is 18.1 Å². The molecule has 0 spiro atoms. The van der Waals surface area contributed by atoms with Crippen LogP contribution in [0, 0.1) is 0 Å². The van der Waals surface area contributed by atoms with Crippen molar-refractivity contribution in [2.45, 2.75) is 17.7 Å². The SMILES string of the molecule is CCCNc1c(C(N)=O)cnn2cc(-c3nnc(S(C)=O)s3)cc12. The number of nitrogens with two attached hydrogens (primary N) is 1. The fourth-order valence-electron chi connectivity index (χ4n) is 2.24. The summed E-state index contributed by atoms with van der Waals surface area (Å²) in [5.74, 6) is -0.536. The van der Waals surface area contributed by atoms with Crippen LogP contribution in [-0.4, -0.2) is 42.7 Å². The van der Waals surface area contributed by atoms with Gasteiger partial charge in [0.2, 0.25) is 4.34 Å². The highest BCUT2D eigenvalue weighted by atomic mass is 32.2. The molecule has 126 valence electrons. The van der Waals surface area contributed by atoms with E-state index in [1.54, 1.807) is 17.0 Å². The third-order valence-corrected chi connectivity index (χ3v) is 5.65. The van der Waals surface area contributed by atoms with E-state index in [0.717, 1.165) is 17.5 Å². The number of fused-ring (bicyclic) bond motifs is 1. The summed E-state index contributed by atoms with van der Waals surface area (Å²) in [6.07, 6.45) is 5.71. The Morgan fingerprint density at radius 1 is 1.46 bits per heavy atom. The monoisotopic (exact) mass is 364 g/mol. The van der Waals surface area contributed by atoms with Gasteiger partial charge in [-0.2, -0.15) is 5.10 Å². The molecular weight excluding hydrogens is 348 g/mol. The van der Waals surface area contributed by atoms with Crippen LogP contribution in [0.1, 0.15) is 23.7 Å². The predicted octanol–water partition coefficient (Wildman–Crippen LogP) is 1.51. The van der Waals surface area contributed by atoms with Gasteiger partial charge in [0.1, 0.15) is 5.01 Å². The second-order valence-electron chi connectivity index (χ2n) is 5.11. The molecule has 10 heteroatoms. The van der Waals surface area contributed by atoms with Crippen molar-refractivity contribution in [2.24, 2.45) is 5.73 Å². The summed E-state index contributed by atoms with van der Waals surface area (Å²) >= 11 is 1.27. The van der Waals surface area contributed by atoms with Gasteiger partial charge >= 0.3 is 0 Å². The Balaban J connectivity index is 2.12. The summed E-state index contributed by atoms with van der Waals surface area (Å²) in [5.41, 5.74) is 7.95. The topological polar surface area (TPSA) is 115 Å². The van der Waals surface area contributed by atoms with Crippen LogP contribution in [0.2, 0.25) is 0 Å². The van der Waals surface area contributed by atoms with Crippen molar-refractivity contribution >= 4 is 39.2 Å². The summed E-state index contributed by atoms with van der Waals surface area (Å²) in [5, 5.41) is 16.1. The first-order valence-corrected chi connectivity index (χ1v) is 9.61. The van der Waals surface area contributed by atoms with Crippen molar-refractivity contribution < 1.29 is 9.00 Å². The Kier molecular flexibility index (Phi) is 4.58. The summed E-state index contributed by atoms with van der Waals surface area (Å²) in [4.78, 5) is 11.7.